The van der Waals surface area contributed by atoms with Gasteiger partial charge in [-0.2, -0.15) is 0 Å². The number of halogens is 2. The van der Waals surface area contributed by atoms with E-state index in [0.717, 1.165) is 15.8 Å². The number of ether oxygens (including phenoxy) is 1. The van der Waals surface area contributed by atoms with Crippen molar-refractivity contribution in [3.05, 3.63) is 63.9 Å². The Morgan fingerprint density at radius 3 is 2.76 bits per heavy atom. The number of hydrogen-bond donors (Lipinski definition) is 0. The van der Waals surface area contributed by atoms with Gasteiger partial charge in [-0.1, -0.05) is 29.8 Å². The highest BCUT2D eigenvalue weighted by molar-refractivity contribution is 9.10. The molecule has 0 atom stereocenters. The van der Waals surface area contributed by atoms with Crippen LogP contribution >= 0.6 is 27.5 Å². The van der Waals surface area contributed by atoms with Gasteiger partial charge < -0.3 is 9.15 Å². The van der Waals surface area contributed by atoms with Crippen LogP contribution in [0.25, 0.3) is 11.5 Å². The zero-order chi connectivity index (χ0) is 14.7. The molecule has 0 aliphatic rings. The average molecular weight is 366 g/mol. The number of hydrogen-bond acceptors (Lipinski definition) is 4. The summed E-state index contributed by atoms with van der Waals surface area (Å²) in [6.07, 6.45) is 0. The van der Waals surface area contributed by atoms with Gasteiger partial charge in [0.1, 0.15) is 5.75 Å². The lowest BCUT2D eigenvalue weighted by Crippen LogP contribution is -1.96. The van der Waals surface area contributed by atoms with E-state index in [1.807, 2.05) is 36.4 Å². The van der Waals surface area contributed by atoms with Gasteiger partial charge in [-0.3, -0.25) is 0 Å². The maximum atomic E-state index is 5.94. The molecule has 1 heterocycles. The van der Waals surface area contributed by atoms with Gasteiger partial charge in [0.15, 0.2) is 6.61 Å². The van der Waals surface area contributed by atoms with E-state index in [1.165, 1.54) is 0 Å². The molecule has 0 aliphatic heterocycles. The molecule has 0 spiro atoms. The van der Waals surface area contributed by atoms with Crippen molar-refractivity contribution in [2.75, 3.05) is 0 Å². The van der Waals surface area contributed by atoms with Crippen LogP contribution in [0.4, 0.5) is 0 Å². The maximum absolute atomic E-state index is 5.94. The molecular formula is C15H10BrClN2O2. The van der Waals surface area contributed by atoms with E-state index >= 15 is 0 Å². The number of para-hydroxylation sites is 1. The molecule has 2 aromatic carbocycles. The normalized spacial score (nSPS) is 10.6. The molecule has 3 aromatic rings. The van der Waals surface area contributed by atoms with Crippen molar-refractivity contribution in [2.24, 2.45) is 0 Å². The van der Waals surface area contributed by atoms with Gasteiger partial charge in [-0.05, 0) is 46.3 Å². The minimum absolute atomic E-state index is 0.205. The van der Waals surface area contributed by atoms with Crippen LogP contribution in [0.5, 0.6) is 5.75 Å². The van der Waals surface area contributed by atoms with Gasteiger partial charge in [0.05, 0.1) is 4.47 Å². The molecule has 0 radical (unpaired) electrons. The van der Waals surface area contributed by atoms with Gasteiger partial charge >= 0.3 is 0 Å². The van der Waals surface area contributed by atoms with E-state index in [-0.39, 0.29) is 6.61 Å². The summed E-state index contributed by atoms with van der Waals surface area (Å²) >= 11 is 9.35. The third kappa shape index (κ3) is 3.43. The highest BCUT2D eigenvalue weighted by Crippen LogP contribution is 2.25. The molecule has 0 amide bonds. The first-order chi connectivity index (χ1) is 10.2. The van der Waals surface area contributed by atoms with Gasteiger partial charge in [0, 0.05) is 10.6 Å². The molecule has 0 unspecified atom stereocenters. The van der Waals surface area contributed by atoms with Crippen LogP contribution in [0.1, 0.15) is 5.89 Å². The van der Waals surface area contributed by atoms with Crippen molar-refractivity contribution >= 4 is 27.5 Å². The topological polar surface area (TPSA) is 48.2 Å². The molecule has 0 N–H and O–H groups in total. The van der Waals surface area contributed by atoms with Gasteiger partial charge in [0.2, 0.25) is 5.89 Å². The van der Waals surface area contributed by atoms with E-state index in [4.69, 9.17) is 20.8 Å². The minimum Gasteiger partial charge on any atom is -0.483 e. The van der Waals surface area contributed by atoms with Crippen molar-refractivity contribution < 1.29 is 9.15 Å². The lowest BCUT2D eigenvalue weighted by Gasteiger charge is -2.04. The molecule has 4 nitrogen and oxygen atoms in total. The Morgan fingerprint density at radius 2 is 1.95 bits per heavy atom. The standard InChI is InChI=1S/C15H10BrClN2O2/c16-12-6-1-2-7-13(12)20-9-14-18-19-15(21-14)10-4-3-5-11(17)8-10/h1-8H,9H2. The largest absolute Gasteiger partial charge is 0.483 e. The van der Waals surface area contributed by atoms with Crippen LogP contribution in [0.2, 0.25) is 5.02 Å². The highest BCUT2D eigenvalue weighted by atomic mass is 79.9. The van der Waals surface area contributed by atoms with E-state index in [1.54, 1.807) is 12.1 Å². The fraction of sp³-hybridized carbons (Fsp3) is 0.0667. The second kappa shape index (κ2) is 6.28. The molecule has 0 bridgehead atoms. The van der Waals surface area contributed by atoms with Crippen molar-refractivity contribution in [2.45, 2.75) is 6.61 Å². The minimum atomic E-state index is 0.205. The lowest BCUT2D eigenvalue weighted by atomic mass is 10.2. The number of nitrogens with zero attached hydrogens (tertiary/aromatic N) is 2. The molecule has 106 valence electrons. The molecule has 6 heteroatoms. The fourth-order valence-corrected chi connectivity index (χ4v) is 2.34. The summed E-state index contributed by atoms with van der Waals surface area (Å²) in [4.78, 5) is 0. The Bertz CT molecular complexity index is 761. The van der Waals surface area contributed by atoms with E-state index in [2.05, 4.69) is 26.1 Å². The summed E-state index contributed by atoms with van der Waals surface area (Å²) in [7, 11) is 0. The molecular weight excluding hydrogens is 356 g/mol. The fourth-order valence-electron chi connectivity index (χ4n) is 1.75. The van der Waals surface area contributed by atoms with Crippen LogP contribution in [0, 0.1) is 0 Å². The first-order valence-corrected chi connectivity index (χ1v) is 7.35. The van der Waals surface area contributed by atoms with Crippen LogP contribution in [-0.2, 0) is 6.61 Å². The lowest BCUT2D eigenvalue weighted by molar-refractivity contribution is 0.263. The van der Waals surface area contributed by atoms with E-state index in [0.29, 0.717) is 16.8 Å². The third-order valence-electron chi connectivity index (χ3n) is 2.73. The highest BCUT2D eigenvalue weighted by Gasteiger charge is 2.10. The van der Waals surface area contributed by atoms with E-state index < -0.39 is 0 Å². The van der Waals surface area contributed by atoms with Crippen molar-refractivity contribution in [1.29, 1.82) is 0 Å². The Morgan fingerprint density at radius 1 is 1.10 bits per heavy atom. The number of rotatable bonds is 4. The van der Waals surface area contributed by atoms with Crippen LogP contribution in [0.15, 0.2) is 57.4 Å². The Labute approximate surface area is 134 Å². The molecule has 0 saturated carbocycles. The Kier molecular flexibility index (Phi) is 4.22. The van der Waals surface area contributed by atoms with Crippen molar-refractivity contribution in [1.82, 2.24) is 10.2 Å². The number of aromatic nitrogens is 2. The van der Waals surface area contributed by atoms with Gasteiger partial charge in [0.25, 0.3) is 5.89 Å². The monoisotopic (exact) mass is 364 g/mol. The van der Waals surface area contributed by atoms with Crippen molar-refractivity contribution in [3.63, 3.8) is 0 Å². The molecule has 1 aromatic heterocycles. The Balaban J connectivity index is 1.72. The smallest absolute Gasteiger partial charge is 0.254 e. The summed E-state index contributed by atoms with van der Waals surface area (Å²) in [6, 6.07) is 14.8. The summed E-state index contributed by atoms with van der Waals surface area (Å²) in [5, 5.41) is 8.58. The van der Waals surface area contributed by atoms with Crippen molar-refractivity contribution in [3.8, 4) is 17.2 Å². The van der Waals surface area contributed by atoms with Gasteiger partial charge in [-0.25, -0.2) is 0 Å². The predicted molar refractivity (Wildman–Crippen MR) is 83.2 cm³/mol. The zero-order valence-electron chi connectivity index (χ0n) is 10.8. The predicted octanol–water partition coefficient (Wildman–Crippen LogP) is 4.73. The first kappa shape index (κ1) is 14.1. The second-order valence-electron chi connectivity index (χ2n) is 4.23. The summed E-state index contributed by atoms with van der Waals surface area (Å²) in [6.45, 7) is 0.205. The Hall–Kier alpha value is -1.85. The summed E-state index contributed by atoms with van der Waals surface area (Å²) in [5.74, 6) is 1.55. The third-order valence-corrected chi connectivity index (χ3v) is 3.62. The maximum Gasteiger partial charge on any atom is 0.254 e. The molecule has 0 fully saturated rings. The SMILES string of the molecule is Clc1cccc(-c2nnc(COc3ccccc3Br)o2)c1. The zero-order valence-corrected chi connectivity index (χ0v) is 13.1. The average Bonchev–Trinajstić information content (AvgIpc) is 2.95. The first-order valence-electron chi connectivity index (χ1n) is 6.18. The second-order valence-corrected chi connectivity index (χ2v) is 5.52. The quantitative estimate of drug-likeness (QED) is 0.670. The van der Waals surface area contributed by atoms with Crippen LogP contribution in [-0.4, -0.2) is 10.2 Å². The van der Waals surface area contributed by atoms with Crippen LogP contribution < -0.4 is 4.74 Å². The molecule has 3 rings (SSSR count). The van der Waals surface area contributed by atoms with Crippen LogP contribution in [0.3, 0.4) is 0 Å². The molecule has 0 saturated heterocycles. The summed E-state index contributed by atoms with van der Waals surface area (Å²) < 4.78 is 12.1. The molecule has 21 heavy (non-hydrogen) atoms. The molecule has 0 aliphatic carbocycles. The van der Waals surface area contributed by atoms with E-state index in [9.17, 15) is 0 Å². The van der Waals surface area contributed by atoms with Gasteiger partial charge in [-0.15, -0.1) is 10.2 Å². The number of benzene rings is 2. The summed E-state index contributed by atoms with van der Waals surface area (Å²) in [5.41, 5.74) is 0.780.